The van der Waals surface area contributed by atoms with Gasteiger partial charge in [0.15, 0.2) is 0 Å². The summed E-state index contributed by atoms with van der Waals surface area (Å²) in [4.78, 5) is 29.3. The minimum absolute atomic E-state index is 0.0593. The van der Waals surface area contributed by atoms with Crippen LogP contribution >= 0.6 is 0 Å². The third-order valence-electron chi connectivity index (χ3n) is 6.55. The third kappa shape index (κ3) is 9.91. The van der Waals surface area contributed by atoms with Gasteiger partial charge in [-0.3, -0.25) is 13.9 Å². The first kappa shape index (κ1) is 32.7. The second kappa shape index (κ2) is 14.9. The van der Waals surface area contributed by atoms with E-state index in [1.807, 2.05) is 88.4 Å². The zero-order chi connectivity index (χ0) is 30.8. The van der Waals surface area contributed by atoms with Gasteiger partial charge in [-0.1, -0.05) is 72.8 Å². The number of hydrogen-bond acceptors (Lipinski definition) is 5. The van der Waals surface area contributed by atoms with Crippen molar-refractivity contribution in [3.8, 4) is 5.75 Å². The van der Waals surface area contributed by atoms with Crippen molar-refractivity contribution in [3.63, 3.8) is 0 Å². The zero-order valence-electron chi connectivity index (χ0n) is 25.2. The number of carbonyl (C=O) groups excluding carboxylic acids is 2. The van der Waals surface area contributed by atoms with Crippen molar-refractivity contribution in [2.75, 3.05) is 23.7 Å². The predicted octanol–water partition coefficient (Wildman–Crippen LogP) is 5.19. The van der Waals surface area contributed by atoms with Crippen LogP contribution < -0.4 is 14.4 Å². The number of sulfonamides is 1. The van der Waals surface area contributed by atoms with E-state index in [1.165, 1.54) is 4.31 Å². The molecule has 3 aromatic carbocycles. The van der Waals surface area contributed by atoms with Crippen LogP contribution in [0.4, 0.5) is 5.69 Å². The third-order valence-corrected chi connectivity index (χ3v) is 7.73. The molecule has 0 saturated carbocycles. The van der Waals surface area contributed by atoms with Crippen molar-refractivity contribution in [2.24, 2.45) is 0 Å². The van der Waals surface area contributed by atoms with Gasteiger partial charge in [-0.05, 0) is 57.4 Å². The monoisotopic (exact) mass is 593 g/mol. The van der Waals surface area contributed by atoms with Crippen LogP contribution in [0.5, 0.6) is 5.75 Å². The lowest BCUT2D eigenvalue weighted by molar-refractivity contribution is -0.142. The molecule has 0 aliphatic carbocycles. The summed E-state index contributed by atoms with van der Waals surface area (Å²) in [6, 6.07) is 25.4. The molecule has 0 heterocycles. The molecule has 8 nitrogen and oxygen atoms in total. The number of benzene rings is 3. The highest BCUT2D eigenvalue weighted by molar-refractivity contribution is 7.92. The number of nitrogens with zero attached hydrogens (tertiary/aromatic N) is 2. The van der Waals surface area contributed by atoms with E-state index in [2.05, 4.69) is 5.32 Å². The van der Waals surface area contributed by atoms with Crippen molar-refractivity contribution >= 4 is 27.5 Å². The molecule has 0 bridgehead atoms. The summed E-state index contributed by atoms with van der Waals surface area (Å²) in [5, 5.41) is 3.06. The van der Waals surface area contributed by atoms with Gasteiger partial charge in [0.2, 0.25) is 21.8 Å². The lowest BCUT2D eigenvalue weighted by atomic mass is 10.00. The smallest absolute Gasteiger partial charge is 0.243 e. The van der Waals surface area contributed by atoms with Gasteiger partial charge in [-0.15, -0.1) is 0 Å². The summed E-state index contributed by atoms with van der Waals surface area (Å²) in [6.07, 6.45) is 1.81. The maximum absolute atomic E-state index is 13.9. The molecule has 0 fully saturated rings. The molecule has 0 unspecified atom stereocenters. The first-order valence-electron chi connectivity index (χ1n) is 14.3. The van der Waals surface area contributed by atoms with Crippen LogP contribution in [0.3, 0.4) is 0 Å². The highest BCUT2D eigenvalue weighted by Crippen LogP contribution is 2.30. The number of hydrogen-bond donors (Lipinski definition) is 1. The average Bonchev–Trinajstić information content (AvgIpc) is 2.93. The molecule has 0 aliphatic rings. The topological polar surface area (TPSA) is 96.0 Å². The fraction of sp³-hybridized carbons (Fsp3) is 0.394. The van der Waals surface area contributed by atoms with E-state index in [-0.39, 0.29) is 37.7 Å². The molecule has 42 heavy (non-hydrogen) atoms. The van der Waals surface area contributed by atoms with E-state index in [4.69, 9.17) is 4.74 Å². The second-order valence-electron chi connectivity index (χ2n) is 11.3. The molecule has 3 rings (SSSR count). The first-order valence-corrected chi connectivity index (χ1v) is 16.1. The van der Waals surface area contributed by atoms with Gasteiger partial charge in [-0.25, -0.2) is 8.42 Å². The summed E-state index contributed by atoms with van der Waals surface area (Å²) in [7, 11) is -3.65. The molecule has 0 aromatic heterocycles. The number of amides is 2. The molecule has 226 valence electrons. The van der Waals surface area contributed by atoms with Crippen LogP contribution in [0.1, 0.15) is 51.7 Å². The Bertz CT molecular complexity index is 1410. The Morgan fingerprint density at radius 1 is 0.881 bits per heavy atom. The Morgan fingerprint density at radius 3 is 2.02 bits per heavy atom. The van der Waals surface area contributed by atoms with Crippen LogP contribution in [0, 0.1) is 0 Å². The van der Waals surface area contributed by atoms with Crippen molar-refractivity contribution in [3.05, 3.63) is 96.1 Å². The summed E-state index contributed by atoms with van der Waals surface area (Å²) in [5.74, 6) is -0.00124. The Morgan fingerprint density at radius 2 is 1.45 bits per heavy atom. The highest BCUT2D eigenvalue weighted by Gasteiger charge is 2.32. The van der Waals surface area contributed by atoms with E-state index in [0.717, 1.165) is 17.4 Å². The van der Waals surface area contributed by atoms with E-state index >= 15 is 0 Å². The maximum atomic E-state index is 13.9. The van der Waals surface area contributed by atoms with E-state index in [0.29, 0.717) is 24.5 Å². The lowest BCUT2D eigenvalue weighted by Crippen LogP contribution is -2.54. The fourth-order valence-electron chi connectivity index (χ4n) is 4.71. The van der Waals surface area contributed by atoms with Crippen molar-refractivity contribution in [1.29, 1.82) is 0 Å². The first-order chi connectivity index (χ1) is 19.9. The van der Waals surface area contributed by atoms with Gasteiger partial charge in [0.25, 0.3) is 0 Å². The van der Waals surface area contributed by atoms with Gasteiger partial charge in [0.05, 0.1) is 18.6 Å². The number of nitrogens with one attached hydrogen (secondary N) is 1. The predicted molar refractivity (Wildman–Crippen MR) is 168 cm³/mol. The SMILES string of the molecule is CCOc1ccccc1N(CCCC(=O)N(Cc1ccccc1)[C@H](Cc1ccccc1)C(=O)NC(C)(C)C)S(C)(=O)=O. The Hall–Kier alpha value is -3.85. The minimum atomic E-state index is -3.65. The molecule has 0 radical (unpaired) electrons. The van der Waals surface area contributed by atoms with E-state index < -0.39 is 21.6 Å². The van der Waals surface area contributed by atoms with Crippen LogP contribution in [0.15, 0.2) is 84.9 Å². The molecule has 1 N–H and O–H groups in total. The molecule has 0 spiro atoms. The standard InChI is InChI=1S/C33H43N3O5S/c1-6-41-30-21-14-13-20-28(30)36(42(5,39)40)23-15-22-31(37)35(25-27-18-11-8-12-19-27)29(32(38)34-33(2,3)4)24-26-16-9-7-10-17-26/h7-14,16-21,29H,6,15,22-25H2,1-5H3,(H,34,38)/t29-/m1/s1. The maximum Gasteiger partial charge on any atom is 0.243 e. The van der Waals surface area contributed by atoms with Crippen LogP contribution in [0.2, 0.25) is 0 Å². The molecule has 3 aromatic rings. The zero-order valence-corrected chi connectivity index (χ0v) is 26.1. The lowest BCUT2D eigenvalue weighted by Gasteiger charge is -2.34. The highest BCUT2D eigenvalue weighted by atomic mass is 32.2. The van der Waals surface area contributed by atoms with E-state index in [1.54, 1.807) is 29.2 Å². The number of ether oxygens (including phenoxy) is 1. The van der Waals surface area contributed by atoms with Gasteiger partial charge in [0.1, 0.15) is 11.8 Å². The quantitative estimate of drug-likeness (QED) is 0.278. The van der Waals surface area contributed by atoms with Crippen LogP contribution in [-0.2, 0) is 32.6 Å². The molecule has 9 heteroatoms. The number of carbonyl (C=O) groups is 2. The Balaban J connectivity index is 1.89. The normalized spacial score (nSPS) is 12.3. The Kier molecular flexibility index (Phi) is 11.6. The summed E-state index contributed by atoms with van der Waals surface area (Å²) < 4.78 is 32.5. The number of rotatable bonds is 14. The van der Waals surface area contributed by atoms with Gasteiger partial charge in [-0.2, -0.15) is 0 Å². The number of para-hydroxylation sites is 2. The van der Waals surface area contributed by atoms with Crippen molar-refractivity contribution < 1.29 is 22.7 Å². The fourth-order valence-corrected chi connectivity index (χ4v) is 5.68. The van der Waals surface area contributed by atoms with Crippen LogP contribution in [0.25, 0.3) is 0 Å². The largest absolute Gasteiger partial charge is 0.492 e. The minimum Gasteiger partial charge on any atom is -0.492 e. The van der Waals surface area contributed by atoms with Crippen molar-refractivity contribution in [1.82, 2.24) is 10.2 Å². The summed E-state index contributed by atoms with van der Waals surface area (Å²) >= 11 is 0. The molecule has 1 atom stereocenters. The summed E-state index contributed by atoms with van der Waals surface area (Å²) in [5.41, 5.74) is 1.78. The van der Waals surface area contributed by atoms with E-state index in [9.17, 15) is 18.0 Å². The average molecular weight is 594 g/mol. The van der Waals surface area contributed by atoms with Gasteiger partial charge >= 0.3 is 0 Å². The van der Waals surface area contributed by atoms with Crippen LogP contribution in [-0.4, -0.2) is 56.1 Å². The molecule has 2 amide bonds. The van der Waals surface area contributed by atoms with Crippen molar-refractivity contribution in [2.45, 2.75) is 65.1 Å². The molecular formula is C33H43N3O5S. The number of anilines is 1. The Labute approximate surface area is 250 Å². The summed E-state index contributed by atoms with van der Waals surface area (Å²) in [6.45, 7) is 8.29. The molecule has 0 aliphatic heterocycles. The van der Waals surface area contributed by atoms with Gasteiger partial charge in [0, 0.05) is 31.5 Å². The second-order valence-corrected chi connectivity index (χ2v) is 13.2. The molecular weight excluding hydrogens is 550 g/mol. The molecule has 0 saturated heterocycles. The van der Waals surface area contributed by atoms with Gasteiger partial charge < -0.3 is 15.0 Å².